The van der Waals surface area contributed by atoms with Gasteiger partial charge >= 0.3 is 21.2 Å². The van der Waals surface area contributed by atoms with Gasteiger partial charge in [0.05, 0.1) is 0 Å². The molecule has 0 aromatic rings. The van der Waals surface area contributed by atoms with Crippen LogP contribution in [0.2, 0.25) is 0 Å². The largest absolute Gasteiger partial charge is 0.528 e. The van der Waals surface area contributed by atoms with Gasteiger partial charge in [0.2, 0.25) is 6.10 Å². The smallest absolute Gasteiger partial charge is 0.375 e. The van der Waals surface area contributed by atoms with E-state index in [1.807, 2.05) is 0 Å². The minimum Gasteiger partial charge on any atom is -0.375 e. The van der Waals surface area contributed by atoms with Gasteiger partial charge in [0.25, 0.3) is 0 Å². The molecule has 116 valence electrons. The molecule has 4 nitrogen and oxygen atoms in total. The van der Waals surface area contributed by atoms with Crippen LogP contribution in [0.5, 0.6) is 0 Å². The van der Waals surface area contributed by atoms with Gasteiger partial charge in [-0.1, -0.05) is 0 Å². The summed E-state index contributed by atoms with van der Waals surface area (Å²) < 4.78 is 102. The number of halogens is 7. The van der Waals surface area contributed by atoms with Crippen LogP contribution >= 0.6 is 0 Å². The fraction of sp³-hybridized carbons (Fsp3) is 1.00. The minimum absolute atomic E-state index is 0.779. The van der Waals surface area contributed by atoms with Crippen LogP contribution < -0.4 is 0 Å². The highest BCUT2D eigenvalue weighted by Gasteiger charge is 2.62. The monoisotopic (exact) mass is 320 g/mol. The average molecular weight is 320 g/mol. The van der Waals surface area contributed by atoms with E-state index in [1.54, 1.807) is 0 Å². The number of rotatable bonds is 7. The molecule has 0 amide bonds. The Bertz CT molecular complexity index is 251. The molecule has 0 heterocycles. The lowest BCUT2D eigenvalue weighted by molar-refractivity contribution is -0.309. The normalized spacial score (nSPS) is 14.2. The van der Waals surface area contributed by atoms with Gasteiger partial charge in [-0.05, 0) is 0 Å². The molecule has 0 aliphatic carbocycles. The molecule has 19 heavy (non-hydrogen) atoms. The molecule has 0 N–H and O–H groups in total. The van der Waals surface area contributed by atoms with Crippen molar-refractivity contribution in [3.63, 3.8) is 0 Å². The molecule has 0 saturated carbocycles. The van der Waals surface area contributed by atoms with Crippen molar-refractivity contribution in [1.29, 1.82) is 0 Å². The fourth-order valence-electron chi connectivity index (χ4n) is 0.994. The molecule has 0 aliphatic rings. The molecule has 0 bridgehead atoms. The quantitative estimate of drug-likeness (QED) is 0.532. The van der Waals surface area contributed by atoms with Crippen LogP contribution in [0, 0.1) is 0 Å². The number of ether oxygens (including phenoxy) is 1. The molecule has 0 radical (unpaired) electrons. The lowest BCUT2D eigenvalue weighted by Crippen LogP contribution is -2.58. The Balaban J connectivity index is 5.15. The van der Waals surface area contributed by atoms with E-state index in [2.05, 4.69) is 18.0 Å². The summed E-state index contributed by atoms with van der Waals surface area (Å²) in [5, 5.41) is 0. The first kappa shape index (κ1) is 18.6. The zero-order valence-corrected chi connectivity index (χ0v) is 10.8. The lowest BCUT2D eigenvalue weighted by Gasteiger charge is -2.32. The topological polar surface area (TPSA) is 36.9 Å². The molecule has 0 aromatic carbocycles. The second kappa shape index (κ2) is 6.83. The fourth-order valence-corrected chi connectivity index (χ4v) is 2.61. The lowest BCUT2D eigenvalue weighted by atomic mass is 10.3. The van der Waals surface area contributed by atoms with E-state index in [0.717, 1.165) is 14.2 Å². The van der Waals surface area contributed by atoms with Gasteiger partial charge in [-0.15, -0.1) is 0 Å². The van der Waals surface area contributed by atoms with Crippen molar-refractivity contribution in [3.8, 4) is 0 Å². The zero-order valence-electron chi connectivity index (χ0n) is 9.77. The summed E-state index contributed by atoms with van der Waals surface area (Å²) in [5.41, 5.74) is 0. The SMILES string of the molecule is CO[Si](COCF)(OC)OC(C(F)(F)F)C(F)(F)F. The third kappa shape index (κ3) is 5.60. The first-order chi connectivity index (χ1) is 8.52. The number of hydrogen-bond donors (Lipinski definition) is 0. The summed E-state index contributed by atoms with van der Waals surface area (Å²) in [6.45, 7) is -1.44. The second-order valence-corrected chi connectivity index (χ2v) is 5.84. The molecule has 12 heteroatoms. The van der Waals surface area contributed by atoms with Crippen LogP contribution in [0.3, 0.4) is 0 Å². The molecular weight excluding hydrogens is 309 g/mol. The first-order valence-corrected chi connectivity index (χ1v) is 6.51. The van der Waals surface area contributed by atoms with Gasteiger partial charge in [-0.2, -0.15) is 26.3 Å². The Labute approximate surface area is 104 Å². The van der Waals surface area contributed by atoms with Gasteiger partial charge in [0.1, 0.15) is 6.23 Å². The van der Waals surface area contributed by atoms with E-state index in [-0.39, 0.29) is 0 Å². The van der Waals surface area contributed by atoms with Crippen LogP contribution in [-0.2, 0) is 18.0 Å². The molecule has 0 aromatic heterocycles. The van der Waals surface area contributed by atoms with Crippen LogP contribution in [0.15, 0.2) is 0 Å². The maximum atomic E-state index is 12.3. The van der Waals surface area contributed by atoms with Crippen molar-refractivity contribution in [1.82, 2.24) is 0 Å². The predicted molar refractivity (Wildman–Crippen MR) is 48.7 cm³/mol. The van der Waals surface area contributed by atoms with Crippen LogP contribution in [-0.4, -0.2) is 54.6 Å². The Morgan fingerprint density at radius 2 is 1.37 bits per heavy atom. The van der Waals surface area contributed by atoms with Gasteiger partial charge < -0.3 is 18.0 Å². The van der Waals surface area contributed by atoms with Gasteiger partial charge in [0, 0.05) is 14.2 Å². The van der Waals surface area contributed by atoms with E-state index in [4.69, 9.17) is 0 Å². The molecule has 0 aliphatic heterocycles. The average Bonchev–Trinajstić information content (AvgIpc) is 2.27. The number of alkyl halides is 7. The van der Waals surface area contributed by atoms with Crippen molar-refractivity contribution >= 4 is 8.80 Å². The maximum absolute atomic E-state index is 12.3. The van der Waals surface area contributed by atoms with Crippen molar-refractivity contribution in [2.75, 3.05) is 27.3 Å². The predicted octanol–water partition coefficient (Wildman–Crippen LogP) is 2.21. The van der Waals surface area contributed by atoms with Crippen molar-refractivity contribution < 1.29 is 48.7 Å². The zero-order chi connectivity index (χ0) is 15.3. The Kier molecular flexibility index (Phi) is 6.68. The van der Waals surface area contributed by atoms with Gasteiger partial charge in [-0.25, -0.2) is 4.39 Å². The van der Waals surface area contributed by atoms with E-state index in [9.17, 15) is 30.7 Å². The Morgan fingerprint density at radius 1 is 0.947 bits per heavy atom. The molecular formula is C7H11F7O4Si. The highest BCUT2D eigenvalue weighted by molar-refractivity contribution is 6.60. The Hall–Kier alpha value is -0.433. The maximum Gasteiger partial charge on any atom is 0.528 e. The summed E-state index contributed by atoms with van der Waals surface area (Å²) >= 11 is 0. The summed E-state index contributed by atoms with van der Waals surface area (Å²) in [6.07, 6.45) is -16.5. The molecule has 0 atom stereocenters. The third-order valence-electron chi connectivity index (χ3n) is 1.87. The second-order valence-electron chi connectivity index (χ2n) is 3.13. The molecule has 0 fully saturated rings. The summed E-state index contributed by atoms with van der Waals surface area (Å²) in [5.74, 6) is 0. The van der Waals surface area contributed by atoms with E-state index in [1.165, 1.54) is 0 Å². The number of hydrogen-bond acceptors (Lipinski definition) is 4. The van der Waals surface area contributed by atoms with Crippen LogP contribution in [0.25, 0.3) is 0 Å². The first-order valence-electron chi connectivity index (χ1n) is 4.57. The minimum atomic E-state index is -5.72. The van der Waals surface area contributed by atoms with E-state index in [0.29, 0.717) is 0 Å². The van der Waals surface area contributed by atoms with Crippen LogP contribution in [0.1, 0.15) is 0 Å². The van der Waals surface area contributed by atoms with Gasteiger partial charge in [-0.3, -0.25) is 0 Å². The highest BCUT2D eigenvalue weighted by Crippen LogP contribution is 2.37. The van der Waals surface area contributed by atoms with E-state index >= 15 is 0 Å². The molecule has 0 spiro atoms. The van der Waals surface area contributed by atoms with E-state index < -0.39 is 40.4 Å². The molecule has 0 rings (SSSR count). The Morgan fingerprint density at radius 3 is 1.63 bits per heavy atom. The summed E-state index contributed by atoms with van der Waals surface area (Å²) in [7, 11) is -2.89. The highest BCUT2D eigenvalue weighted by atomic mass is 28.4. The van der Waals surface area contributed by atoms with Crippen molar-refractivity contribution in [2.24, 2.45) is 0 Å². The molecule has 0 unspecified atom stereocenters. The summed E-state index contributed by atoms with van der Waals surface area (Å²) in [6, 6.07) is 0. The third-order valence-corrected chi connectivity index (χ3v) is 4.27. The standard InChI is InChI=1S/C7H11F7O4Si/c1-15-19(16-2,4-17-3-8)18-5(6(9,10)11)7(12,13)14/h5H,3-4H2,1-2H3. The van der Waals surface area contributed by atoms with Crippen molar-refractivity contribution in [3.05, 3.63) is 0 Å². The summed E-state index contributed by atoms with van der Waals surface area (Å²) in [4.78, 5) is 0. The van der Waals surface area contributed by atoms with Crippen molar-refractivity contribution in [2.45, 2.75) is 18.5 Å². The van der Waals surface area contributed by atoms with Gasteiger partial charge in [0.15, 0.2) is 6.86 Å². The van der Waals surface area contributed by atoms with Crippen LogP contribution in [0.4, 0.5) is 30.7 Å². The molecule has 0 saturated heterocycles.